The molecule has 0 aliphatic rings. The first-order chi connectivity index (χ1) is 12.5. The number of ether oxygens (including phenoxy) is 1. The fourth-order valence-corrected chi connectivity index (χ4v) is 3.03. The summed E-state index contributed by atoms with van der Waals surface area (Å²) in [7, 11) is -5.92. The average molecular weight is 520 g/mol. The first kappa shape index (κ1) is 23.7. The zero-order valence-corrected chi connectivity index (χ0v) is 17.4. The Balaban J connectivity index is 2.78. The number of esters is 1. The van der Waals surface area contributed by atoms with Crippen LogP contribution in [-0.4, -0.2) is 25.8 Å². The van der Waals surface area contributed by atoms with Gasteiger partial charge in [0, 0.05) is 12.3 Å². The number of halogens is 4. The standard InChI is InChI=1S/C16H19F3INO5S/c1-2-3-4-5-6-7-14(22)26-13-9-8-11(10-12(13)20)15(23)21-27(24,25)16(17,18)19/h8-10H,2-7H2,1H3,(H,21,23)/p-1. The molecule has 0 unspecified atom stereocenters. The predicted molar refractivity (Wildman–Crippen MR) is 99.7 cm³/mol. The normalized spacial score (nSPS) is 12.9. The molecule has 0 bridgehead atoms. The molecule has 0 aliphatic carbocycles. The highest BCUT2D eigenvalue weighted by molar-refractivity contribution is 14.1. The molecule has 1 rings (SSSR count). The maximum atomic E-state index is 12.3. The fourth-order valence-electron chi connectivity index (χ4n) is 1.98. The molecule has 0 radical (unpaired) electrons. The molecule has 0 amide bonds. The summed E-state index contributed by atoms with van der Waals surface area (Å²) < 4.78 is 66.3. The number of hydrogen-bond acceptors (Lipinski definition) is 5. The van der Waals surface area contributed by atoms with Crippen molar-refractivity contribution in [2.45, 2.75) is 51.0 Å². The zero-order valence-electron chi connectivity index (χ0n) is 14.4. The van der Waals surface area contributed by atoms with E-state index in [1.807, 2.05) is 0 Å². The lowest BCUT2D eigenvalue weighted by atomic mass is 10.1. The van der Waals surface area contributed by atoms with Crippen LogP contribution in [0.4, 0.5) is 13.2 Å². The molecule has 0 atom stereocenters. The predicted octanol–water partition coefficient (Wildman–Crippen LogP) is 3.51. The molecule has 0 fully saturated rings. The Hall–Kier alpha value is -1.37. The van der Waals surface area contributed by atoms with Crippen LogP contribution in [0.15, 0.2) is 22.6 Å². The Morgan fingerprint density at radius 2 is 1.85 bits per heavy atom. The Labute approximate surface area is 169 Å². The lowest BCUT2D eigenvalue weighted by Gasteiger charge is -2.14. The molecule has 0 spiro atoms. The van der Waals surface area contributed by atoms with Gasteiger partial charge in [0.25, 0.3) is 0 Å². The van der Waals surface area contributed by atoms with Crippen molar-refractivity contribution < 1.29 is 36.2 Å². The molecule has 0 heterocycles. The maximum absolute atomic E-state index is 12.3. The summed E-state index contributed by atoms with van der Waals surface area (Å²) in [5.41, 5.74) is -6.02. The lowest BCUT2D eigenvalue weighted by molar-refractivity contribution is -0.212. The number of hydrogen-bond donors (Lipinski definition) is 0. The van der Waals surface area contributed by atoms with Crippen molar-refractivity contribution in [1.29, 1.82) is 0 Å². The monoisotopic (exact) mass is 520 g/mol. The van der Waals surface area contributed by atoms with Crippen molar-refractivity contribution in [3.63, 3.8) is 0 Å². The minimum absolute atomic E-state index is 0.129. The van der Waals surface area contributed by atoms with Gasteiger partial charge in [0.1, 0.15) is 5.75 Å². The van der Waals surface area contributed by atoms with Crippen molar-refractivity contribution in [3.8, 4) is 5.75 Å². The number of nitrogens with zero attached hydrogens (tertiary/aromatic N) is 1. The van der Waals surface area contributed by atoms with E-state index in [0.29, 0.717) is 6.42 Å². The Bertz CT molecular complexity index is 794. The molecule has 0 N–H and O–H groups in total. The van der Waals surface area contributed by atoms with E-state index in [0.717, 1.165) is 37.8 Å². The van der Waals surface area contributed by atoms with Gasteiger partial charge in [-0.1, -0.05) is 38.7 Å². The quantitative estimate of drug-likeness (QED) is 0.124. The molecule has 1 aromatic rings. The summed E-state index contributed by atoms with van der Waals surface area (Å²) in [6.07, 6.45) is 5.02. The number of sulfonamides is 1. The van der Waals surface area contributed by atoms with Gasteiger partial charge >= 0.3 is 21.5 Å². The summed E-state index contributed by atoms with van der Waals surface area (Å²) in [6.45, 7) is 2.08. The number of carbonyl (C=O) groups is 1. The molecular weight excluding hydrogens is 502 g/mol. The molecule has 0 saturated carbocycles. The second kappa shape index (κ2) is 10.2. The fraction of sp³-hybridized carbons (Fsp3) is 0.500. The molecule has 1 aromatic carbocycles. The molecular formula is C16H18F3INO5S-. The summed E-state index contributed by atoms with van der Waals surface area (Å²) in [6, 6.07) is 3.35. The third-order valence-electron chi connectivity index (χ3n) is 3.38. The van der Waals surface area contributed by atoms with Crippen LogP contribution < -0.4 is 9.84 Å². The molecule has 0 aliphatic heterocycles. The average Bonchev–Trinajstić information content (AvgIpc) is 2.55. The molecule has 11 heteroatoms. The molecule has 0 saturated heterocycles. The minimum Gasteiger partial charge on any atom is -0.858 e. The van der Waals surface area contributed by atoms with Gasteiger partial charge in [0.2, 0.25) is 0 Å². The highest BCUT2D eigenvalue weighted by Crippen LogP contribution is 2.26. The Kier molecular flexibility index (Phi) is 8.99. The van der Waals surface area contributed by atoms with Crippen molar-refractivity contribution in [2.24, 2.45) is 4.40 Å². The van der Waals surface area contributed by atoms with Gasteiger partial charge in [-0.15, -0.1) is 0 Å². The second-order valence-corrected chi connectivity index (χ2v) is 8.36. The SMILES string of the molecule is CCCCCCCC(=O)Oc1ccc(/C([O-])=N/S(=O)(=O)C(F)(F)F)cc1I. The van der Waals surface area contributed by atoms with Gasteiger partial charge in [0.05, 0.1) is 3.57 Å². The van der Waals surface area contributed by atoms with Gasteiger partial charge < -0.3 is 9.84 Å². The highest BCUT2D eigenvalue weighted by atomic mass is 127. The van der Waals surface area contributed by atoms with Gasteiger partial charge in [-0.05, 0) is 46.7 Å². The van der Waals surface area contributed by atoms with E-state index < -0.39 is 27.4 Å². The molecule has 6 nitrogen and oxygen atoms in total. The maximum Gasteiger partial charge on any atom is 0.518 e. The summed E-state index contributed by atoms with van der Waals surface area (Å²) in [5.74, 6) is -1.89. The number of benzene rings is 1. The van der Waals surface area contributed by atoms with Crippen LogP contribution in [0.5, 0.6) is 5.75 Å². The minimum atomic E-state index is -5.92. The number of unbranched alkanes of at least 4 members (excludes halogenated alkanes) is 4. The zero-order chi connectivity index (χ0) is 20.7. The Morgan fingerprint density at radius 1 is 1.22 bits per heavy atom. The van der Waals surface area contributed by atoms with Crippen LogP contribution in [0.2, 0.25) is 0 Å². The van der Waals surface area contributed by atoms with Crippen LogP contribution in [0.3, 0.4) is 0 Å². The Morgan fingerprint density at radius 3 is 2.41 bits per heavy atom. The van der Waals surface area contributed by atoms with E-state index in [-0.39, 0.29) is 21.3 Å². The number of rotatable bonds is 9. The van der Waals surface area contributed by atoms with Crippen LogP contribution in [-0.2, 0) is 14.8 Å². The molecule has 27 heavy (non-hydrogen) atoms. The third kappa shape index (κ3) is 7.64. The van der Waals surface area contributed by atoms with Gasteiger partial charge in [-0.2, -0.15) is 26.0 Å². The molecule has 152 valence electrons. The van der Waals surface area contributed by atoms with E-state index >= 15 is 0 Å². The van der Waals surface area contributed by atoms with Crippen LogP contribution in [0.25, 0.3) is 0 Å². The number of carbonyl (C=O) groups excluding carboxylic acids is 1. The van der Waals surface area contributed by atoms with Crippen LogP contribution in [0, 0.1) is 3.57 Å². The van der Waals surface area contributed by atoms with Crippen molar-refractivity contribution in [1.82, 2.24) is 0 Å². The van der Waals surface area contributed by atoms with E-state index in [2.05, 4.69) is 11.3 Å². The lowest BCUT2D eigenvalue weighted by Crippen LogP contribution is -2.27. The van der Waals surface area contributed by atoms with E-state index in [4.69, 9.17) is 4.74 Å². The van der Waals surface area contributed by atoms with E-state index in [1.165, 1.54) is 6.07 Å². The first-order valence-corrected chi connectivity index (χ1v) is 10.6. The van der Waals surface area contributed by atoms with Crippen molar-refractivity contribution >= 4 is 44.5 Å². The van der Waals surface area contributed by atoms with E-state index in [9.17, 15) is 31.5 Å². The summed E-state index contributed by atoms with van der Waals surface area (Å²) in [4.78, 5) is 11.8. The number of alkyl halides is 3. The van der Waals surface area contributed by atoms with Crippen molar-refractivity contribution in [3.05, 3.63) is 27.3 Å². The van der Waals surface area contributed by atoms with Gasteiger partial charge in [0.15, 0.2) is 0 Å². The largest absolute Gasteiger partial charge is 0.858 e. The summed E-state index contributed by atoms with van der Waals surface area (Å²) >= 11 is 1.72. The van der Waals surface area contributed by atoms with E-state index in [1.54, 1.807) is 22.6 Å². The van der Waals surface area contributed by atoms with Gasteiger partial charge in [-0.25, -0.2) is 0 Å². The third-order valence-corrected chi connectivity index (χ3v) is 5.22. The van der Waals surface area contributed by atoms with Crippen molar-refractivity contribution in [2.75, 3.05) is 0 Å². The van der Waals surface area contributed by atoms with Crippen LogP contribution in [0.1, 0.15) is 51.0 Å². The second-order valence-electron chi connectivity index (χ2n) is 5.60. The molecule has 0 aromatic heterocycles. The topological polar surface area (TPSA) is 95.9 Å². The highest BCUT2D eigenvalue weighted by Gasteiger charge is 2.45. The summed E-state index contributed by atoms with van der Waals surface area (Å²) in [5, 5.41) is 11.7. The smallest absolute Gasteiger partial charge is 0.518 e. The van der Waals surface area contributed by atoms with Gasteiger partial charge in [-0.3, -0.25) is 4.79 Å². The van der Waals surface area contributed by atoms with Crippen LogP contribution >= 0.6 is 22.6 Å². The first-order valence-electron chi connectivity index (χ1n) is 8.06.